The molecule has 0 aliphatic heterocycles. The van der Waals surface area contributed by atoms with Crippen LogP contribution in [0.2, 0.25) is 0 Å². The lowest BCUT2D eigenvalue weighted by molar-refractivity contribution is 0.0953. The Kier molecular flexibility index (Phi) is 10.6. The van der Waals surface area contributed by atoms with E-state index in [0.29, 0.717) is 56.1 Å². The number of rotatable bonds is 6. The maximum Gasteiger partial charge on any atom is -0.00988 e. The molecule has 1 aliphatic carbocycles. The van der Waals surface area contributed by atoms with Crippen molar-refractivity contribution in [3.63, 3.8) is 0 Å². The average Bonchev–Trinajstić information content (AvgIpc) is 2.81. The Balaban J connectivity index is 2.30. The molecule has 0 bridgehead atoms. The van der Waals surface area contributed by atoms with Crippen LogP contribution < -0.4 is 0 Å². The van der Waals surface area contributed by atoms with E-state index >= 15 is 0 Å². The highest BCUT2D eigenvalue weighted by atomic mass is 31.1. The molecule has 0 nitrogen and oxygen atoms in total. The summed E-state index contributed by atoms with van der Waals surface area (Å²) in [5.74, 6) is 3.85. The summed E-state index contributed by atoms with van der Waals surface area (Å²) in [6.07, 6.45) is 2.73. The van der Waals surface area contributed by atoms with Crippen LogP contribution >= 0.6 is 15.8 Å². The SMILES string of the molecule is CC1C(C)C(c2ccccc2)[C@H](CP(C(C)(C)C)C(C)(C)C)[C@H](CP(C(C)(C)C)C(C)(C)C)C1c1ccccc1. The Bertz CT molecular complexity index is 930. The van der Waals surface area contributed by atoms with Crippen LogP contribution in [0.5, 0.6) is 0 Å². The zero-order chi connectivity index (χ0) is 30.3. The zero-order valence-electron chi connectivity index (χ0n) is 28.5. The van der Waals surface area contributed by atoms with Crippen molar-refractivity contribution in [1.82, 2.24) is 0 Å². The van der Waals surface area contributed by atoms with Gasteiger partial charge in [-0.3, -0.25) is 0 Å². The Morgan fingerprint density at radius 1 is 0.450 bits per heavy atom. The first kappa shape index (κ1) is 33.8. The van der Waals surface area contributed by atoms with Gasteiger partial charge in [-0.2, -0.15) is 0 Å². The lowest BCUT2D eigenvalue weighted by Gasteiger charge is -2.56. The van der Waals surface area contributed by atoms with E-state index < -0.39 is 0 Å². The van der Waals surface area contributed by atoms with Crippen molar-refractivity contribution >= 4 is 15.8 Å². The smallest absolute Gasteiger partial charge is 0.00988 e. The van der Waals surface area contributed by atoms with Crippen molar-refractivity contribution in [2.45, 2.75) is 129 Å². The summed E-state index contributed by atoms with van der Waals surface area (Å²) in [6, 6.07) is 23.4. The quantitative estimate of drug-likeness (QED) is 0.298. The zero-order valence-corrected chi connectivity index (χ0v) is 30.3. The van der Waals surface area contributed by atoms with Crippen molar-refractivity contribution < 1.29 is 0 Å². The van der Waals surface area contributed by atoms with Gasteiger partial charge in [-0.25, -0.2) is 0 Å². The Labute approximate surface area is 252 Å². The van der Waals surface area contributed by atoms with E-state index in [1.807, 2.05) is 0 Å². The highest BCUT2D eigenvalue weighted by Crippen LogP contribution is 2.68. The normalized spacial score (nSPS) is 26.9. The van der Waals surface area contributed by atoms with Gasteiger partial charge in [0.1, 0.15) is 0 Å². The molecule has 2 aromatic carbocycles. The van der Waals surface area contributed by atoms with Gasteiger partial charge in [0, 0.05) is 0 Å². The first-order chi connectivity index (χ1) is 18.2. The largest absolute Gasteiger partial charge is 0.0953 e. The van der Waals surface area contributed by atoms with Crippen molar-refractivity contribution in [3.8, 4) is 0 Å². The minimum absolute atomic E-state index is 0.204. The topological polar surface area (TPSA) is 0 Å². The molecule has 3 rings (SSSR count). The van der Waals surface area contributed by atoms with Crippen LogP contribution in [0.25, 0.3) is 0 Å². The molecule has 1 fully saturated rings. The van der Waals surface area contributed by atoms with Crippen LogP contribution in [0.4, 0.5) is 0 Å². The van der Waals surface area contributed by atoms with Gasteiger partial charge in [0.2, 0.25) is 0 Å². The molecule has 0 N–H and O–H groups in total. The molecule has 0 aromatic heterocycles. The maximum atomic E-state index is 2.59. The van der Waals surface area contributed by atoms with Gasteiger partial charge in [0.05, 0.1) is 0 Å². The molecule has 0 heterocycles. The highest BCUT2D eigenvalue weighted by Gasteiger charge is 2.52. The molecule has 0 spiro atoms. The fourth-order valence-corrected chi connectivity index (χ4v) is 16.5. The van der Waals surface area contributed by atoms with Crippen LogP contribution in [0, 0.1) is 23.7 Å². The number of hydrogen-bond acceptors (Lipinski definition) is 0. The molecule has 2 aromatic rings. The second-order valence-electron chi connectivity index (χ2n) is 16.8. The van der Waals surface area contributed by atoms with E-state index in [1.165, 1.54) is 12.3 Å². The summed E-state index contributed by atoms with van der Waals surface area (Å²) in [5.41, 5.74) is 3.16. The molecular weight excluding hydrogens is 518 g/mol. The van der Waals surface area contributed by atoms with Gasteiger partial charge in [0.25, 0.3) is 0 Å². The molecule has 2 heteroatoms. The van der Waals surface area contributed by atoms with Crippen molar-refractivity contribution in [2.24, 2.45) is 23.7 Å². The van der Waals surface area contributed by atoms with E-state index in [9.17, 15) is 0 Å². The highest BCUT2D eigenvalue weighted by molar-refractivity contribution is 7.61. The van der Waals surface area contributed by atoms with Gasteiger partial charge in [-0.15, -0.1) is 0 Å². The Hall–Kier alpha value is -0.700. The number of benzene rings is 2. The van der Waals surface area contributed by atoms with Gasteiger partial charge in [-0.05, 0) is 79.6 Å². The van der Waals surface area contributed by atoms with Gasteiger partial charge in [0.15, 0.2) is 0 Å². The predicted molar refractivity (Wildman–Crippen MR) is 186 cm³/mol. The Morgan fingerprint density at radius 3 is 0.925 bits per heavy atom. The second-order valence-corrected chi connectivity index (χ2v) is 24.6. The lowest BCUT2D eigenvalue weighted by atomic mass is 9.55. The fraction of sp³-hybridized carbons (Fsp3) is 0.684. The molecule has 224 valence electrons. The minimum atomic E-state index is -0.204. The van der Waals surface area contributed by atoms with Crippen molar-refractivity contribution in [3.05, 3.63) is 71.8 Å². The molecule has 0 radical (unpaired) electrons. The molecule has 40 heavy (non-hydrogen) atoms. The lowest BCUT2D eigenvalue weighted by Crippen LogP contribution is -2.47. The van der Waals surface area contributed by atoms with E-state index in [0.717, 1.165) is 0 Å². The second kappa shape index (κ2) is 12.5. The van der Waals surface area contributed by atoms with Crippen molar-refractivity contribution in [2.75, 3.05) is 12.3 Å². The summed E-state index contributed by atoms with van der Waals surface area (Å²) in [5, 5.41) is 1.30. The van der Waals surface area contributed by atoms with E-state index in [2.05, 4.69) is 158 Å². The van der Waals surface area contributed by atoms with E-state index in [4.69, 9.17) is 0 Å². The van der Waals surface area contributed by atoms with Crippen LogP contribution in [0.15, 0.2) is 60.7 Å². The summed E-state index contributed by atoms with van der Waals surface area (Å²) in [6.45, 7) is 35.5. The number of hydrogen-bond donors (Lipinski definition) is 0. The van der Waals surface area contributed by atoms with Gasteiger partial charge < -0.3 is 0 Å². The molecule has 0 amide bonds. The Morgan fingerprint density at radius 2 is 0.700 bits per heavy atom. The third-order valence-electron chi connectivity index (χ3n) is 9.83. The van der Waals surface area contributed by atoms with Crippen LogP contribution in [-0.2, 0) is 0 Å². The fourth-order valence-electron chi connectivity index (χ4n) is 8.45. The van der Waals surface area contributed by atoms with Gasteiger partial charge in [-0.1, -0.05) is 173 Å². The first-order valence-corrected chi connectivity index (χ1v) is 19.0. The van der Waals surface area contributed by atoms with E-state index in [1.54, 1.807) is 11.1 Å². The third kappa shape index (κ3) is 7.82. The average molecular weight is 581 g/mol. The minimum Gasteiger partial charge on any atom is -0.0953 e. The molecule has 6 atom stereocenters. The standard InChI is InChI=1S/C38H62P2/c1-27-28(2)34(30-23-19-16-20-24-30)32(26-40(37(9,10)11)38(12,13)14)31(33(27)29-21-17-15-18-22-29)25-39(35(3,4)5)36(6,7)8/h15-24,27-28,31-34H,25-26H2,1-14H3/t27?,28?,31-,32+,33?,34?. The molecule has 4 unspecified atom stereocenters. The van der Waals surface area contributed by atoms with Crippen LogP contribution in [-0.4, -0.2) is 32.9 Å². The summed E-state index contributed by atoms with van der Waals surface area (Å²) >= 11 is 0. The molecular formula is C38H62P2. The first-order valence-electron chi connectivity index (χ1n) is 15.9. The van der Waals surface area contributed by atoms with Crippen LogP contribution in [0.3, 0.4) is 0 Å². The summed E-state index contributed by atoms with van der Waals surface area (Å²) < 4.78 is 0. The third-order valence-corrected chi connectivity index (χ3v) is 17.9. The molecule has 1 saturated carbocycles. The summed E-state index contributed by atoms with van der Waals surface area (Å²) in [7, 11) is -0.409. The van der Waals surface area contributed by atoms with E-state index in [-0.39, 0.29) is 15.8 Å². The molecule has 1 aliphatic rings. The summed E-state index contributed by atoms with van der Waals surface area (Å²) in [4.78, 5) is 0. The monoisotopic (exact) mass is 580 g/mol. The maximum absolute atomic E-state index is 2.59. The van der Waals surface area contributed by atoms with Crippen molar-refractivity contribution in [1.29, 1.82) is 0 Å². The predicted octanol–water partition coefficient (Wildman–Crippen LogP) is 12.2. The van der Waals surface area contributed by atoms with Gasteiger partial charge >= 0.3 is 0 Å². The van der Waals surface area contributed by atoms with Crippen LogP contribution in [0.1, 0.15) is 120 Å². The molecule has 0 saturated heterocycles.